The molecule has 0 N–H and O–H groups in total. The summed E-state index contributed by atoms with van der Waals surface area (Å²) in [5, 5.41) is 0.171. The van der Waals surface area contributed by atoms with Crippen molar-refractivity contribution in [1.82, 2.24) is 0 Å². The van der Waals surface area contributed by atoms with Crippen molar-refractivity contribution in [2.24, 2.45) is 0 Å². The lowest BCUT2D eigenvalue weighted by Crippen LogP contribution is -1.86. The molecule has 0 amide bonds. The van der Waals surface area contributed by atoms with Crippen molar-refractivity contribution < 1.29 is 4.42 Å². The predicted molar refractivity (Wildman–Crippen MR) is 48.6 cm³/mol. The first-order valence-corrected chi connectivity index (χ1v) is 4.51. The average Bonchev–Trinajstić information content (AvgIpc) is 2.52. The van der Waals surface area contributed by atoms with E-state index in [1.165, 1.54) is 12.8 Å². The molecule has 1 aromatic heterocycles. The van der Waals surface area contributed by atoms with Crippen LogP contribution >= 0.6 is 12.6 Å². The van der Waals surface area contributed by atoms with Crippen LogP contribution in [0.5, 0.6) is 0 Å². The Morgan fingerprint density at radius 2 is 2.45 bits per heavy atom. The van der Waals surface area contributed by atoms with E-state index < -0.39 is 0 Å². The Labute approximate surface area is 73.2 Å². The Bertz CT molecular complexity index is 181. The van der Waals surface area contributed by atoms with Gasteiger partial charge in [-0.2, -0.15) is 0 Å². The molecule has 0 aliphatic carbocycles. The van der Waals surface area contributed by atoms with Gasteiger partial charge in [0, 0.05) is 0 Å². The molecule has 1 aromatic rings. The number of rotatable bonds is 4. The Hall–Kier alpha value is -0.370. The minimum absolute atomic E-state index is 0.171. The molecule has 0 saturated carbocycles. The summed E-state index contributed by atoms with van der Waals surface area (Å²) in [4.78, 5) is 0. The van der Waals surface area contributed by atoms with Crippen LogP contribution in [-0.2, 0) is 0 Å². The van der Waals surface area contributed by atoms with Crippen LogP contribution in [-0.4, -0.2) is 0 Å². The fourth-order valence-corrected chi connectivity index (χ4v) is 1.31. The molecule has 0 spiro atoms. The van der Waals surface area contributed by atoms with Gasteiger partial charge in [0.25, 0.3) is 0 Å². The van der Waals surface area contributed by atoms with Gasteiger partial charge in [-0.05, 0) is 18.6 Å². The Morgan fingerprint density at radius 3 is 3.00 bits per heavy atom. The quantitative estimate of drug-likeness (QED) is 0.669. The Morgan fingerprint density at radius 1 is 1.64 bits per heavy atom. The summed E-state index contributed by atoms with van der Waals surface area (Å²) in [6, 6.07) is 3.84. The summed E-state index contributed by atoms with van der Waals surface area (Å²) in [7, 11) is 0. The molecular weight excluding hydrogens is 156 g/mol. The summed E-state index contributed by atoms with van der Waals surface area (Å²) in [5.74, 6) is 0.938. The maximum atomic E-state index is 5.23. The zero-order chi connectivity index (χ0) is 8.10. The summed E-state index contributed by atoms with van der Waals surface area (Å²) in [6.07, 6.45) is 5.13. The SMILES string of the molecule is CCCCC([S])c1ccco1. The van der Waals surface area contributed by atoms with Gasteiger partial charge in [-0.25, -0.2) is 0 Å². The summed E-state index contributed by atoms with van der Waals surface area (Å²) >= 11 is 5.23. The predicted octanol–water partition coefficient (Wildman–Crippen LogP) is 3.71. The lowest BCUT2D eigenvalue weighted by Gasteiger charge is -2.03. The van der Waals surface area contributed by atoms with E-state index in [1.807, 2.05) is 12.1 Å². The standard InChI is InChI=1S/C9H13OS/c1-2-3-6-9(11)8-5-4-7-10-8/h4-5,7,9H,2-3,6H2,1H3. The van der Waals surface area contributed by atoms with E-state index in [2.05, 4.69) is 6.92 Å². The van der Waals surface area contributed by atoms with Gasteiger partial charge in [0.05, 0.1) is 11.5 Å². The summed E-state index contributed by atoms with van der Waals surface area (Å²) < 4.78 is 5.19. The van der Waals surface area contributed by atoms with Crippen LogP contribution in [0.1, 0.15) is 37.2 Å². The van der Waals surface area contributed by atoms with Crippen molar-refractivity contribution in [3.8, 4) is 0 Å². The molecule has 1 nitrogen and oxygen atoms in total. The Balaban J connectivity index is 2.36. The smallest absolute Gasteiger partial charge is 0.117 e. The van der Waals surface area contributed by atoms with E-state index in [0.29, 0.717) is 0 Å². The molecule has 0 aromatic carbocycles. The fraction of sp³-hybridized carbons (Fsp3) is 0.556. The molecule has 1 unspecified atom stereocenters. The van der Waals surface area contributed by atoms with Crippen molar-refractivity contribution in [1.29, 1.82) is 0 Å². The summed E-state index contributed by atoms with van der Waals surface area (Å²) in [6.45, 7) is 2.17. The number of hydrogen-bond acceptors (Lipinski definition) is 1. The monoisotopic (exact) mass is 169 g/mol. The van der Waals surface area contributed by atoms with Crippen LogP contribution in [0.15, 0.2) is 22.8 Å². The molecule has 0 saturated heterocycles. The van der Waals surface area contributed by atoms with Crippen LogP contribution in [0.4, 0.5) is 0 Å². The van der Waals surface area contributed by atoms with Crippen LogP contribution in [0.3, 0.4) is 0 Å². The Kier molecular flexibility index (Phi) is 3.57. The highest BCUT2D eigenvalue weighted by atomic mass is 32.1. The lowest BCUT2D eigenvalue weighted by molar-refractivity contribution is 0.493. The molecule has 11 heavy (non-hydrogen) atoms. The molecular formula is C9H13OS. The molecule has 0 aliphatic heterocycles. The van der Waals surface area contributed by atoms with Crippen LogP contribution in [0.2, 0.25) is 0 Å². The lowest BCUT2D eigenvalue weighted by atomic mass is 10.2. The van der Waals surface area contributed by atoms with E-state index in [9.17, 15) is 0 Å². The average molecular weight is 169 g/mol. The number of furan rings is 1. The first-order valence-electron chi connectivity index (χ1n) is 4.03. The van der Waals surface area contributed by atoms with E-state index in [1.54, 1.807) is 6.26 Å². The zero-order valence-corrected chi connectivity index (χ0v) is 7.56. The molecule has 61 valence electrons. The van der Waals surface area contributed by atoms with Gasteiger partial charge in [0.15, 0.2) is 0 Å². The molecule has 0 bridgehead atoms. The highest BCUT2D eigenvalue weighted by molar-refractivity contribution is 7.80. The maximum Gasteiger partial charge on any atom is 0.117 e. The van der Waals surface area contributed by atoms with E-state index >= 15 is 0 Å². The molecule has 1 atom stereocenters. The van der Waals surface area contributed by atoms with Gasteiger partial charge in [-0.1, -0.05) is 32.4 Å². The molecule has 1 heterocycles. The molecule has 2 heteroatoms. The van der Waals surface area contributed by atoms with Gasteiger partial charge in [-0.3, -0.25) is 0 Å². The first kappa shape index (κ1) is 8.72. The second kappa shape index (κ2) is 4.50. The van der Waals surface area contributed by atoms with E-state index in [4.69, 9.17) is 17.0 Å². The molecule has 0 fully saturated rings. The van der Waals surface area contributed by atoms with Gasteiger partial charge in [0.1, 0.15) is 5.76 Å². The second-order valence-electron chi connectivity index (χ2n) is 2.65. The van der Waals surface area contributed by atoms with Gasteiger partial charge in [0.2, 0.25) is 0 Å². The van der Waals surface area contributed by atoms with Crippen molar-refractivity contribution in [3.05, 3.63) is 24.2 Å². The molecule has 0 aliphatic rings. The zero-order valence-electron chi connectivity index (χ0n) is 6.75. The minimum atomic E-state index is 0.171. The third-order valence-corrected chi connectivity index (χ3v) is 2.15. The second-order valence-corrected chi connectivity index (χ2v) is 3.22. The van der Waals surface area contributed by atoms with Gasteiger partial charge < -0.3 is 4.42 Å². The summed E-state index contributed by atoms with van der Waals surface area (Å²) in [5.41, 5.74) is 0. The van der Waals surface area contributed by atoms with E-state index in [0.717, 1.165) is 12.2 Å². The fourth-order valence-electron chi connectivity index (χ4n) is 1.01. The minimum Gasteiger partial charge on any atom is -0.468 e. The molecule has 1 rings (SSSR count). The topological polar surface area (TPSA) is 13.1 Å². The van der Waals surface area contributed by atoms with Crippen molar-refractivity contribution in [2.75, 3.05) is 0 Å². The number of hydrogen-bond donors (Lipinski definition) is 0. The first-order chi connectivity index (χ1) is 5.34. The van der Waals surface area contributed by atoms with Gasteiger partial charge in [-0.15, -0.1) is 0 Å². The van der Waals surface area contributed by atoms with Gasteiger partial charge >= 0.3 is 0 Å². The van der Waals surface area contributed by atoms with Crippen LogP contribution < -0.4 is 0 Å². The number of unbranched alkanes of at least 4 members (excludes halogenated alkanes) is 1. The molecule has 1 radical (unpaired) electrons. The van der Waals surface area contributed by atoms with E-state index in [-0.39, 0.29) is 5.25 Å². The van der Waals surface area contributed by atoms with Crippen molar-refractivity contribution in [2.45, 2.75) is 31.4 Å². The maximum absolute atomic E-state index is 5.23. The van der Waals surface area contributed by atoms with Crippen LogP contribution in [0, 0.1) is 0 Å². The largest absolute Gasteiger partial charge is 0.468 e. The third-order valence-electron chi connectivity index (χ3n) is 1.68. The van der Waals surface area contributed by atoms with Crippen molar-refractivity contribution >= 4 is 12.6 Å². The van der Waals surface area contributed by atoms with Crippen LogP contribution in [0.25, 0.3) is 0 Å². The third kappa shape index (κ3) is 2.62. The highest BCUT2D eigenvalue weighted by Gasteiger charge is 2.08. The highest BCUT2D eigenvalue weighted by Crippen LogP contribution is 2.25. The van der Waals surface area contributed by atoms with Crippen molar-refractivity contribution in [3.63, 3.8) is 0 Å². The normalized spacial score (nSPS) is 13.3.